The highest BCUT2D eigenvalue weighted by atomic mass is 79.9. The van der Waals surface area contributed by atoms with Crippen LogP contribution in [0.3, 0.4) is 0 Å². The lowest BCUT2D eigenvalue weighted by Crippen LogP contribution is -2.50. The first-order chi connectivity index (χ1) is 11.0. The molecule has 1 aromatic rings. The van der Waals surface area contributed by atoms with Crippen molar-refractivity contribution >= 4 is 33.4 Å². The number of nitrogens with one attached hydrogen (secondary N) is 1. The minimum absolute atomic E-state index is 0.464. The lowest BCUT2D eigenvalue weighted by Gasteiger charge is -2.37. The molecule has 2 saturated heterocycles. The number of nitrogens with zero attached hydrogens (tertiary/aromatic N) is 1. The topological polar surface area (TPSA) is 67.9 Å². The number of hydrogen-bond acceptors (Lipinski definition) is 4. The second-order valence-corrected chi connectivity index (χ2v) is 6.73. The molecule has 0 aromatic heterocycles. The van der Waals surface area contributed by atoms with Crippen molar-refractivity contribution < 1.29 is 19.1 Å². The van der Waals surface area contributed by atoms with E-state index in [2.05, 4.69) is 21.2 Å². The monoisotopic (exact) mass is 382 g/mol. The van der Waals surface area contributed by atoms with Crippen molar-refractivity contribution in [2.75, 3.05) is 31.6 Å². The maximum absolute atomic E-state index is 12.3. The van der Waals surface area contributed by atoms with Crippen LogP contribution in [0.4, 0.5) is 5.69 Å². The van der Waals surface area contributed by atoms with Gasteiger partial charge in [-0.25, -0.2) is 0 Å². The summed E-state index contributed by atoms with van der Waals surface area (Å²) >= 11 is 3.37. The zero-order valence-electron chi connectivity index (χ0n) is 12.9. The van der Waals surface area contributed by atoms with Crippen LogP contribution in [0.2, 0.25) is 0 Å². The molecule has 7 heteroatoms. The van der Waals surface area contributed by atoms with Gasteiger partial charge < -0.3 is 19.7 Å². The van der Waals surface area contributed by atoms with Crippen LogP contribution < -0.4 is 5.32 Å². The van der Waals surface area contributed by atoms with Crippen LogP contribution in [0.25, 0.3) is 0 Å². The largest absolute Gasteiger partial charge is 0.347 e. The summed E-state index contributed by atoms with van der Waals surface area (Å²) in [5.41, 5.74) is 1.54. The van der Waals surface area contributed by atoms with E-state index in [1.165, 1.54) is 0 Å². The van der Waals surface area contributed by atoms with Gasteiger partial charge >= 0.3 is 11.8 Å². The molecule has 1 spiro atoms. The number of piperidine rings is 1. The molecule has 2 heterocycles. The SMILES string of the molecule is Cc1cc(Br)ccc1NC(=O)C(=O)N1CCC2(CC1)OCCO2. The molecule has 0 unspecified atom stereocenters. The average Bonchev–Trinajstić information content (AvgIpc) is 2.98. The van der Waals surface area contributed by atoms with E-state index in [0.717, 1.165) is 10.0 Å². The number of anilines is 1. The van der Waals surface area contributed by atoms with Crippen molar-refractivity contribution in [3.05, 3.63) is 28.2 Å². The Morgan fingerprint density at radius 2 is 1.87 bits per heavy atom. The molecule has 0 radical (unpaired) electrons. The van der Waals surface area contributed by atoms with Crippen LogP contribution in [-0.2, 0) is 19.1 Å². The Morgan fingerprint density at radius 1 is 1.22 bits per heavy atom. The summed E-state index contributed by atoms with van der Waals surface area (Å²) < 4.78 is 12.2. The number of carbonyl (C=O) groups excluding carboxylic acids is 2. The van der Waals surface area contributed by atoms with Gasteiger partial charge in [-0.1, -0.05) is 15.9 Å². The molecule has 0 bridgehead atoms. The molecular formula is C16H19BrN2O4. The van der Waals surface area contributed by atoms with Crippen molar-refractivity contribution in [2.45, 2.75) is 25.6 Å². The average molecular weight is 383 g/mol. The summed E-state index contributed by atoms with van der Waals surface area (Å²) in [7, 11) is 0. The van der Waals surface area contributed by atoms with Gasteiger partial charge in [0, 0.05) is 36.1 Å². The van der Waals surface area contributed by atoms with Crippen molar-refractivity contribution in [1.82, 2.24) is 4.90 Å². The molecule has 2 amide bonds. The Hall–Kier alpha value is -1.44. The molecular weight excluding hydrogens is 364 g/mol. The summed E-state index contributed by atoms with van der Waals surface area (Å²) in [6.07, 6.45) is 1.20. The lowest BCUT2D eigenvalue weighted by atomic mass is 10.0. The predicted octanol–water partition coefficient (Wildman–Crippen LogP) is 2.06. The van der Waals surface area contributed by atoms with E-state index in [1.807, 2.05) is 19.1 Å². The summed E-state index contributed by atoms with van der Waals surface area (Å²) in [6.45, 7) is 4.00. The van der Waals surface area contributed by atoms with E-state index in [4.69, 9.17) is 9.47 Å². The van der Waals surface area contributed by atoms with Crippen LogP contribution in [0.5, 0.6) is 0 Å². The second-order valence-electron chi connectivity index (χ2n) is 5.81. The van der Waals surface area contributed by atoms with Gasteiger partial charge in [-0.15, -0.1) is 0 Å². The number of aryl methyl sites for hydroxylation is 1. The maximum atomic E-state index is 12.3. The fourth-order valence-corrected chi connectivity index (χ4v) is 3.40. The molecule has 6 nitrogen and oxygen atoms in total. The van der Waals surface area contributed by atoms with Crippen LogP contribution in [0.15, 0.2) is 22.7 Å². The van der Waals surface area contributed by atoms with Crippen molar-refractivity contribution in [1.29, 1.82) is 0 Å². The highest BCUT2D eigenvalue weighted by Gasteiger charge is 2.41. The Labute approximate surface area is 143 Å². The van der Waals surface area contributed by atoms with Gasteiger partial charge in [-0.05, 0) is 30.7 Å². The minimum Gasteiger partial charge on any atom is -0.347 e. The van der Waals surface area contributed by atoms with Gasteiger partial charge in [0.2, 0.25) is 0 Å². The number of rotatable bonds is 1. The summed E-state index contributed by atoms with van der Waals surface area (Å²) in [6, 6.07) is 5.49. The second kappa shape index (κ2) is 6.59. The third kappa shape index (κ3) is 3.57. The molecule has 0 aliphatic carbocycles. The van der Waals surface area contributed by atoms with E-state index < -0.39 is 17.6 Å². The van der Waals surface area contributed by atoms with Gasteiger partial charge in [0.1, 0.15) is 0 Å². The normalized spacial score (nSPS) is 19.8. The zero-order valence-corrected chi connectivity index (χ0v) is 14.5. The molecule has 1 aromatic carbocycles. The zero-order chi connectivity index (χ0) is 16.4. The number of ether oxygens (including phenoxy) is 2. The van der Waals surface area contributed by atoms with Crippen molar-refractivity contribution in [3.8, 4) is 0 Å². The van der Waals surface area contributed by atoms with Crippen LogP contribution in [-0.4, -0.2) is 48.8 Å². The Kier molecular flexibility index (Phi) is 4.70. The van der Waals surface area contributed by atoms with E-state index in [1.54, 1.807) is 11.0 Å². The Bertz CT molecular complexity index is 619. The molecule has 3 rings (SSSR count). The molecule has 0 atom stereocenters. The van der Waals surface area contributed by atoms with Gasteiger partial charge in [0.15, 0.2) is 5.79 Å². The first-order valence-corrected chi connectivity index (χ1v) is 8.43. The molecule has 0 saturated carbocycles. The fourth-order valence-electron chi connectivity index (χ4n) is 2.92. The van der Waals surface area contributed by atoms with Crippen LogP contribution in [0.1, 0.15) is 18.4 Å². The number of halogens is 1. The highest BCUT2D eigenvalue weighted by Crippen LogP contribution is 2.31. The van der Waals surface area contributed by atoms with Gasteiger partial charge in [-0.3, -0.25) is 9.59 Å². The van der Waals surface area contributed by atoms with E-state index in [9.17, 15) is 9.59 Å². The molecule has 2 aliphatic rings. The quantitative estimate of drug-likeness (QED) is 0.754. The Balaban J connectivity index is 1.58. The summed E-state index contributed by atoms with van der Waals surface area (Å²) in [4.78, 5) is 26.0. The fraction of sp³-hybridized carbons (Fsp3) is 0.500. The summed E-state index contributed by atoms with van der Waals surface area (Å²) in [5, 5.41) is 2.68. The van der Waals surface area contributed by atoms with E-state index in [-0.39, 0.29) is 0 Å². The predicted molar refractivity (Wildman–Crippen MR) is 88.0 cm³/mol. The third-order valence-electron chi connectivity index (χ3n) is 4.26. The van der Waals surface area contributed by atoms with Crippen LogP contribution >= 0.6 is 15.9 Å². The molecule has 124 valence electrons. The van der Waals surface area contributed by atoms with Gasteiger partial charge in [-0.2, -0.15) is 0 Å². The molecule has 2 fully saturated rings. The standard InChI is InChI=1S/C16H19BrN2O4/c1-11-10-12(17)2-3-13(11)18-14(20)15(21)19-6-4-16(5-7-19)22-8-9-23-16/h2-3,10H,4-9H2,1H3,(H,18,20). The van der Waals surface area contributed by atoms with Gasteiger partial charge in [0.25, 0.3) is 0 Å². The maximum Gasteiger partial charge on any atom is 0.313 e. The molecule has 2 aliphatic heterocycles. The number of benzene rings is 1. The number of carbonyl (C=O) groups is 2. The summed E-state index contributed by atoms with van der Waals surface area (Å²) in [5.74, 6) is -1.67. The Morgan fingerprint density at radius 3 is 2.48 bits per heavy atom. The van der Waals surface area contributed by atoms with E-state index >= 15 is 0 Å². The number of likely N-dealkylation sites (tertiary alicyclic amines) is 1. The number of hydrogen-bond donors (Lipinski definition) is 1. The smallest absolute Gasteiger partial charge is 0.313 e. The van der Waals surface area contributed by atoms with Crippen molar-refractivity contribution in [3.63, 3.8) is 0 Å². The van der Waals surface area contributed by atoms with Gasteiger partial charge in [0.05, 0.1) is 13.2 Å². The van der Waals surface area contributed by atoms with E-state index in [0.29, 0.717) is 44.8 Å². The van der Waals surface area contributed by atoms with Crippen molar-refractivity contribution in [2.24, 2.45) is 0 Å². The third-order valence-corrected chi connectivity index (χ3v) is 4.75. The number of amides is 2. The first-order valence-electron chi connectivity index (χ1n) is 7.63. The lowest BCUT2D eigenvalue weighted by molar-refractivity contribution is -0.187. The van der Waals surface area contributed by atoms with Crippen LogP contribution in [0, 0.1) is 6.92 Å². The molecule has 1 N–H and O–H groups in total. The minimum atomic E-state index is -0.611. The molecule has 23 heavy (non-hydrogen) atoms. The first kappa shape index (κ1) is 16.4. The highest BCUT2D eigenvalue weighted by molar-refractivity contribution is 9.10.